The number of hydrogen-bond donors (Lipinski definition) is 0. The van der Waals surface area contributed by atoms with Crippen LogP contribution in [0.5, 0.6) is 0 Å². The van der Waals surface area contributed by atoms with E-state index in [0.29, 0.717) is 17.9 Å². The van der Waals surface area contributed by atoms with Gasteiger partial charge in [0, 0.05) is 36.0 Å². The van der Waals surface area contributed by atoms with E-state index in [0.717, 1.165) is 46.3 Å². The number of aromatic nitrogens is 6. The van der Waals surface area contributed by atoms with Crippen molar-refractivity contribution in [2.75, 3.05) is 0 Å². The molecule has 0 radical (unpaired) electrons. The molecule has 5 rings (SSSR count). The average molecular weight is 424 g/mol. The zero-order valence-corrected chi connectivity index (χ0v) is 18.6. The van der Waals surface area contributed by atoms with Crippen LogP contribution in [0, 0.1) is 38.0 Å². The normalized spacial score (nSPS) is 13.3. The van der Waals surface area contributed by atoms with Crippen LogP contribution in [-0.4, -0.2) is 29.5 Å². The number of hydrogen-bond acceptors (Lipinski definition) is 5. The van der Waals surface area contributed by atoms with Crippen molar-refractivity contribution in [2.45, 2.75) is 46.6 Å². The Kier molecular flexibility index (Phi) is 5.06. The van der Waals surface area contributed by atoms with Crippen LogP contribution in [0.2, 0.25) is 0 Å². The highest BCUT2D eigenvalue weighted by atomic mass is 15.3. The first kappa shape index (κ1) is 20.1. The Morgan fingerprint density at radius 3 is 2.47 bits per heavy atom. The molecule has 160 valence electrons. The molecule has 1 aliphatic carbocycles. The summed E-state index contributed by atoms with van der Waals surface area (Å²) in [6.45, 7) is 7.07. The predicted molar refractivity (Wildman–Crippen MR) is 121 cm³/mol. The Morgan fingerprint density at radius 2 is 1.81 bits per heavy atom. The minimum Gasteiger partial charge on any atom is -0.268 e. The topological polar surface area (TPSA) is 85.2 Å². The molecule has 0 spiro atoms. The highest BCUT2D eigenvalue weighted by Crippen LogP contribution is 2.33. The van der Waals surface area contributed by atoms with E-state index < -0.39 is 0 Å². The molecule has 0 bridgehead atoms. The molecule has 7 heteroatoms. The monoisotopic (exact) mass is 423 g/mol. The van der Waals surface area contributed by atoms with E-state index in [-0.39, 0.29) is 0 Å². The smallest absolute Gasteiger partial charge is 0.157 e. The van der Waals surface area contributed by atoms with Crippen molar-refractivity contribution in [1.29, 1.82) is 5.26 Å². The van der Waals surface area contributed by atoms with Crippen LogP contribution < -0.4 is 0 Å². The molecule has 0 amide bonds. The van der Waals surface area contributed by atoms with Gasteiger partial charge < -0.3 is 0 Å². The van der Waals surface area contributed by atoms with Gasteiger partial charge in [-0.1, -0.05) is 12.1 Å². The molecule has 1 aromatic carbocycles. The molecule has 3 aromatic heterocycles. The summed E-state index contributed by atoms with van der Waals surface area (Å²) in [7, 11) is 0. The molecule has 0 atom stereocenters. The summed E-state index contributed by atoms with van der Waals surface area (Å²) < 4.78 is 4.02. The lowest BCUT2D eigenvalue weighted by atomic mass is 10.0. The summed E-state index contributed by atoms with van der Waals surface area (Å²) in [5.74, 6) is 1.48. The lowest BCUT2D eigenvalue weighted by Gasteiger charge is -2.09. The standard InChI is InChI=1S/C25H25N7/c1-16-10-17(2)32(29-16)24-12-22(27-15-28-24)11-23-18(3)25(30-31(23)14-20-4-5-20)21-8-6-19(13-26)7-9-21/h6-10,12,15,20H,4-5,11,14H2,1-3H3. The molecule has 32 heavy (non-hydrogen) atoms. The maximum atomic E-state index is 9.11. The van der Waals surface area contributed by atoms with Crippen molar-refractivity contribution in [1.82, 2.24) is 29.5 Å². The van der Waals surface area contributed by atoms with Gasteiger partial charge in [0.25, 0.3) is 0 Å². The second kappa shape index (κ2) is 8.04. The van der Waals surface area contributed by atoms with Crippen molar-refractivity contribution in [2.24, 2.45) is 5.92 Å². The van der Waals surface area contributed by atoms with Crippen LogP contribution in [0.25, 0.3) is 17.1 Å². The Hall–Kier alpha value is -3.79. The lowest BCUT2D eigenvalue weighted by molar-refractivity contribution is 0.544. The second-order valence-electron chi connectivity index (χ2n) is 8.62. The molecule has 0 aliphatic heterocycles. The van der Waals surface area contributed by atoms with E-state index in [1.54, 1.807) is 6.33 Å². The van der Waals surface area contributed by atoms with Gasteiger partial charge in [0.05, 0.1) is 28.7 Å². The maximum absolute atomic E-state index is 9.11. The van der Waals surface area contributed by atoms with E-state index in [1.165, 1.54) is 18.5 Å². The van der Waals surface area contributed by atoms with E-state index >= 15 is 0 Å². The molecule has 0 unspecified atom stereocenters. The summed E-state index contributed by atoms with van der Waals surface area (Å²) in [6, 6.07) is 13.9. The molecule has 1 saturated carbocycles. The Balaban J connectivity index is 1.51. The summed E-state index contributed by atoms with van der Waals surface area (Å²) >= 11 is 0. The highest BCUT2D eigenvalue weighted by molar-refractivity contribution is 5.65. The number of benzene rings is 1. The zero-order valence-electron chi connectivity index (χ0n) is 18.6. The summed E-state index contributed by atoms with van der Waals surface area (Å²) in [5.41, 5.74) is 7.94. The molecule has 4 aromatic rings. The van der Waals surface area contributed by atoms with Crippen LogP contribution in [0.3, 0.4) is 0 Å². The number of aryl methyl sites for hydroxylation is 2. The highest BCUT2D eigenvalue weighted by Gasteiger charge is 2.25. The average Bonchev–Trinajstić information content (AvgIpc) is 3.48. The van der Waals surface area contributed by atoms with Gasteiger partial charge in [-0.15, -0.1) is 0 Å². The van der Waals surface area contributed by atoms with Crippen molar-refractivity contribution < 1.29 is 0 Å². The summed E-state index contributed by atoms with van der Waals surface area (Å²) in [6.07, 6.45) is 4.82. The van der Waals surface area contributed by atoms with Gasteiger partial charge in [0.1, 0.15) is 6.33 Å². The Morgan fingerprint density at radius 1 is 1.03 bits per heavy atom. The largest absolute Gasteiger partial charge is 0.268 e. The minimum atomic E-state index is 0.654. The Bertz CT molecular complexity index is 1320. The third kappa shape index (κ3) is 3.92. The van der Waals surface area contributed by atoms with E-state index in [1.807, 2.05) is 54.9 Å². The molecule has 0 saturated heterocycles. The fourth-order valence-corrected chi connectivity index (χ4v) is 4.11. The van der Waals surface area contributed by atoms with E-state index in [2.05, 4.69) is 32.7 Å². The van der Waals surface area contributed by atoms with E-state index in [4.69, 9.17) is 10.4 Å². The van der Waals surface area contributed by atoms with Gasteiger partial charge in [-0.05, 0) is 63.3 Å². The van der Waals surface area contributed by atoms with Gasteiger partial charge in [-0.25, -0.2) is 14.6 Å². The van der Waals surface area contributed by atoms with Crippen molar-refractivity contribution >= 4 is 0 Å². The van der Waals surface area contributed by atoms with Gasteiger partial charge in [0.15, 0.2) is 5.82 Å². The van der Waals surface area contributed by atoms with Gasteiger partial charge >= 0.3 is 0 Å². The lowest BCUT2D eigenvalue weighted by Crippen LogP contribution is -2.10. The third-order valence-electron chi connectivity index (χ3n) is 6.02. The van der Waals surface area contributed by atoms with E-state index in [9.17, 15) is 0 Å². The number of nitriles is 1. The van der Waals surface area contributed by atoms with Gasteiger partial charge in [-0.2, -0.15) is 15.5 Å². The van der Waals surface area contributed by atoms with Crippen LogP contribution in [0.1, 0.15) is 46.7 Å². The van der Waals surface area contributed by atoms with Crippen molar-refractivity contribution in [3.05, 3.63) is 76.6 Å². The summed E-state index contributed by atoms with van der Waals surface area (Å²) in [4.78, 5) is 8.99. The molecule has 1 fully saturated rings. The first-order chi connectivity index (χ1) is 15.5. The van der Waals surface area contributed by atoms with Gasteiger partial charge in [0.2, 0.25) is 0 Å². The summed E-state index contributed by atoms with van der Waals surface area (Å²) in [5, 5.41) is 18.6. The van der Waals surface area contributed by atoms with Crippen molar-refractivity contribution in [3.8, 4) is 23.1 Å². The molecular formula is C25H25N7. The Labute approximate surface area is 187 Å². The third-order valence-corrected chi connectivity index (χ3v) is 6.02. The molecule has 7 nitrogen and oxygen atoms in total. The fraction of sp³-hybridized carbons (Fsp3) is 0.320. The molecule has 3 heterocycles. The predicted octanol–water partition coefficient (Wildman–Crippen LogP) is 4.32. The van der Waals surface area contributed by atoms with Crippen molar-refractivity contribution in [3.63, 3.8) is 0 Å². The quantitative estimate of drug-likeness (QED) is 0.461. The van der Waals surface area contributed by atoms with Crippen LogP contribution in [-0.2, 0) is 13.0 Å². The van der Waals surface area contributed by atoms with Crippen LogP contribution in [0.15, 0.2) is 42.7 Å². The van der Waals surface area contributed by atoms with Crippen LogP contribution in [0.4, 0.5) is 0 Å². The number of nitrogens with zero attached hydrogens (tertiary/aromatic N) is 7. The van der Waals surface area contributed by atoms with Gasteiger partial charge in [-0.3, -0.25) is 4.68 Å². The first-order valence-corrected chi connectivity index (χ1v) is 10.9. The molecular weight excluding hydrogens is 398 g/mol. The second-order valence-corrected chi connectivity index (χ2v) is 8.62. The minimum absolute atomic E-state index is 0.654. The van der Waals surface area contributed by atoms with Crippen LogP contribution >= 0.6 is 0 Å². The maximum Gasteiger partial charge on any atom is 0.157 e. The molecule has 1 aliphatic rings. The molecule has 0 N–H and O–H groups in total. The zero-order chi connectivity index (χ0) is 22.2. The SMILES string of the molecule is Cc1cc(C)n(-c2cc(Cc3c(C)c(-c4ccc(C#N)cc4)nn3CC3CC3)ncn2)n1. The number of rotatable bonds is 6. The first-order valence-electron chi connectivity index (χ1n) is 10.9. The fourth-order valence-electron chi connectivity index (χ4n) is 4.11.